The predicted molar refractivity (Wildman–Crippen MR) is 114 cm³/mol. The van der Waals surface area contributed by atoms with Gasteiger partial charge in [0.05, 0.1) is 12.1 Å². The average molecular weight is 416 g/mol. The molecule has 5 nitrogen and oxygen atoms in total. The third-order valence-electron chi connectivity index (χ3n) is 4.12. The molecule has 0 aliphatic carbocycles. The van der Waals surface area contributed by atoms with E-state index in [-0.39, 0.29) is 5.91 Å². The second kappa shape index (κ2) is 9.66. The van der Waals surface area contributed by atoms with Crippen LogP contribution in [0.25, 0.3) is 0 Å². The topological polar surface area (TPSA) is 56.2 Å². The maximum absolute atomic E-state index is 13.1. The van der Waals surface area contributed by atoms with Crippen LogP contribution in [0.15, 0.2) is 66.1 Å². The second-order valence-corrected chi connectivity index (χ2v) is 7.63. The van der Waals surface area contributed by atoms with Gasteiger partial charge >= 0.3 is 0 Å². The van der Waals surface area contributed by atoms with E-state index in [9.17, 15) is 4.79 Å². The molecule has 0 fully saturated rings. The Morgan fingerprint density at radius 2 is 2.07 bits per heavy atom. The van der Waals surface area contributed by atoms with Crippen LogP contribution < -0.4 is 10.1 Å². The average Bonchev–Trinajstić information content (AvgIpc) is 3.14. The zero-order chi connectivity index (χ0) is 19.9. The first-order valence-electron chi connectivity index (χ1n) is 8.99. The van der Waals surface area contributed by atoms with Crippen molar-refractivity contribution in [1.82, 2.24) is 9.55 Å². The third-order valence-corrected chi connectivity index (χ3v) is 5.69. The van der Waals surface area contributed by atoms with E-state index in [0.717, 1.165) is 23.7 Å². The molecule has 1 unspecified atom stereocenters. The molecular weight excluding hydrogens is 394 g/mol. The number of carbonyl (C=O) groups excluding carboxylic acids is 1. The van der Waals surface area contributed by atoms with Crippen LogP contribution in [0.4, 0.5) is 5.69 Å². The molecule has 3 rings (SSSR count). The Bertz CT molecular complexity index is 930. The van der Waals surface area contributed by atoms with Crippen molar-refractivity contribution in [3.63, 3.8) is 0 Å². The fourth-order valence-electron chi connectivity index (χ4n) is 2.78. The summed E-state index contributed by atoms with van der Waals surface area (Å²) in [5.41, 5.74) is 1.53. The number of hydrogen-bond donors (Lipinski definition) is 1. The van der Waals surface area contributed by atoms with Crippen LogP contribution in [0.1, 0.15) is 24.2 Å². The van der Waals surface area contributed by atoms with E-state index in [1.54, 1.807) is 31.5 Å². The summed E-state index contributed by atoms with van der Waals surface area (Å²) >= 11 is 7.62. The molecule has 1 amide bonds. The van der Waals surface area contributed by atoms with Crippen molar-refractivity contribution in [3.8, 4) is 5.75 Å². The Kier molecular flexibility index (Phi) is 7.01. The standard InChI is InChI=1S/C21H22ClN3O2S/c1-3-12-25-13-11-23-21(25)28-19(15-7-5-4-6-8-15)20(26)24-16-9-10-18(27-2)17(22)14-16/h4-11,13-14,19H,3,12H2,1-2H3,(H,24,26). The van der Waals surface area contributed by atoms with Crippen LogP contribution in [0.3, 0.4) is 0 Å². The lowest BCUT2D eigenvalue weighted by atomic mass is 10.1. The number of hydrogen-bond acceptors (Lipinski definition) is 4. The number of thioether (sulfide) groups is 1. The number of rotatable bonds is 8. The van der Waals surface area contributed by atoms with E-state index in [0.29, 0.717) is 16.5 Å². The molecule has 2 aromatic carbocycles. The van der Waals surface area contributed by atoms with E-state index < -0.39 is 5.25 Å². The maximum Gasteiger partial charge on any atom is 0.242 e. The molecule has 7 heteroatoms. The molecule has 0 saturated carbocycles. The highest BCUT2D eigenvalue weighted by atomic mass is 35.5. The number of carbonyl (C=O) groups is 1. The largest absolute Gasteiger partial charge is 0.495 e. The highest BCUT2D eigenvalue weighted by Gasteiger charge is 2.24. The van der Waals surface area contributed by atoms with Gasteiger partial charge in [0.1, 0.15) is 11.0 Å². The summed E-state index contributed by atoms with van der Waals surface area (Å²) in [5, 5.41) is 3.78. The van der Waals surface area contributed by atoms with Crippen LogP contribution in [0, 0.1) is 0 Å². The molecule has 0 bridgehead atoms. The zero-order valence-corrected chi connectivity index (χ0v) is 17.3. The van der Waals surface area contributed by atoms with Crippen LogP contribution in [-0.4, -0.2) is 22.6 Å². The number of aryl methyl sites for hydroxylation is 1. The number of methoxy groups -OCH3 is 1. The predicted octanol–water partition coefficient (Wildman–Crippen LogP) is 5.43. The van der Waals surface area contributed by atoms with Gasteiger partial charge in [0.15, 0.2) is 5.16 Å². The fraction of sp³-hybridized carbons (Fsp3) is 0.238. The van der Waals surface area contributed by atoms with Gasteiger partial charge in [-0.2, -0.15) is 0 Å². The number of halogens is 1. The number of amides is 1. The van der Waals surface area contributed by atoms with Crippen LogP contribution >= 0.6 is 23.4 Å². The quantitative estimate of drug-likeness (QED) is 0.498. The normalized spacial score (nSPS) is 11.8. The van der Waals surface area contributed by atoms with Crippen molar-refractivity contribution < 1.29 is 9.53 Å². The summed E-state index contributed by atoms with van der Waals surface area (Å²) < 4.78 is 7.24. The van der Waals surface area contributed by atoms with Gasteiger partial charge < -0.3 is 14.6 Å². The number of ether oxygens (including phenoxy) is 1. The number of benzene rings is 2. The van der Waals surface area contributed by atoms with Gasteiger partial charge in [0.25, 0.3) is 0 Å². The molecule has 0 radical (unpaired) electrons. The molecule has 28 heavy (non-hydrogen) atoms. The summed E-state index contributed by atoms with van der Waals surface area (Å²) in [6.07, 6.45) is 4.70. The first-order valence-corrected chi connectivity index (χ1v) is 10.2. The molecule has 146 valence electrons. The molecule has 1 atom stereocenters. The van der Waals surface area contributed by atoms with Gasteiger partial charge in [-0.15, -0.1) is 0 Å². The van der Waals surface area contributed by atoms with Crippen molar-refractivity contribution in [2.24, 2.45) is 0 Å². The molecule has 0 aliphatic heterocycles. The lowest BCUT2D eigenvalue weighted by Crippen LogP contribution is -2.19. The minimum absolute atomic E-state index is 0.136. The molecule has 1 heterocycles. The SMILES string of the molecule is CCCn1ccnc1SC(C(=O)Nc1ccc(OC)c(Cl)c1)c1ccccc1. The molecule has 0 aliphatic rings. The highest BCUT2D eigenvalue weighted by Crippen LogP contribution is 2.36. The van der Waals surface area contributed by atoms with E-state index in [2.05, 4.69) is 21.8 Å². The summed E-state index contributed by atoms with van der Waals surface area (Å²) in [7, 11) is 1.56. The number of aromatic nitrogens is 2. The van der Waals surface area contributed by atoms with E-state index >= 15 is 0 Å². The second-order valence-electron chi connectivity index (χ2n) is 6.15. The molecule has 0 spiro atoms. The number of imidazole rings is 1. The Hall–Kier alpha value is -2.44. The van der Waals surface area contributed by atoms with Crippen molar-refractivity contribution in [2.75, 3.05) is 12.4 Å². The van der Waals surface area contributed by atoms with Crippen LogP contribution in [0.5, 0.6) is 5.75 Å². The molecular formula is C21H22ClN3O2S. The Morgan fingerprint density at radius 3 is 2.75 bits per heavy atom. The minimum Gasteiger partial charge on any atom is -0.495 e. The summed E-state index contributed by atoms with van der Waals surface area (Å²) in [5.74, 6) is 0.429. The lowest BCUT2D eigenvalue weighted by molar-refractivity contribution is -0.115. The van der Waals surface area contributed by atoms with Gasteiger partial charge in [-0.25, -0.2) is 4.98 Å². The fourth-order valence-corrected chi connectivity index (χ4v) is 4.12. The first kappa shape index (κ1) is 20.3. The summed E-state index contributed by atoms with van der Waals surface area (Å²) in [6.45, 7) is 2.98. The first-order chi connectivity index (χ1) is 13.6. The maximum atomic E-state index is 13.1. The van der Waals surface area contributed by atoms with Gasteiger partial charge in [-0.1, -0.05) is 60.6 Å². The van der Waals surface area contributed by atoms with Crippen LogP contribution in [-0.2, 0) is 11.3 Å². The monoisotopic (exact) mass is 415 g/mol. The summed E-state index contributed by atoms with van der Waals surface area (Å²) in [6, 6.07) is 14.9. The van der Waals surface area contributed by atoms with E-state index in [4.69, 9.17) is 16.3 Å². The highest BCUT2D eigenvalue weighted by molar-refractivity contribution is 8.00. The van der Waals surface area contributed by atoms with Crippen LogP contribution in [0.2, 0.25) is 5.02 Å². The number of nitrogens with zero attached hydrogens (tertiary/aromatic N) is 2. The molecule has 0 saturated heterocycles. The Labute approximate surface area is 174 Å². The van der Waals surface area contributed by atoms with Crippen molar-refractivity contribution >= 4 is 35.0 Å². The minimum atomic E-state index is -0.444. The molecule has 1 N–H and O–H groups in total. The third kappa shape index (κ3) is 4.88. The van der Waals surface area contributed by atoms with Gasteiger partial charge in [-0.3, -0.25) is 4.79 Å². The zero-order valence-electron chi connectivity index (χ0n) is 15.8. The number of nitrogens with one attached hydrogen (secondary N) is 1. The van der Waals surface area contributed by atoms with Gasteiger partial charge in [0, 0.05) is 24.6 Å². The lowest BCUT2D eigenvalue weighted by Gasteiger charge is -2.18. The Balaban J connectivity index is 1.85. The molecule has 3 aromatic rings. The molecule has 1 aromatic heterocycles. The Morgan fingerprint density at radius 1 is 1.29 bits per heavy atom. The van der Waals surface area contributed by atoms with Crippen molar-refractivity contribution in [3.05, 3.63) is 71.5 Å². The number of anilines is 1. The van der Waals surface area contributed by atoms with E-state index in [1.807, 2.05) is 36.5 Å². The smallest absolute Gasteiger partial charge is 0.242 e. The van der Waals surface area contributed by atoms with Crippen molar-refractivity contribution in [2.45, 2.75) is 30.3 Å². The van der Waals surface area contributed by atoms with E-state index in [1.165, 1.54) is 11.8 Å². The van der Waals surface area contributed by atoms with Crippen molar-refractivity contribution in [1.29, 1.82) is 0 Å². The van der Waals surface area contributed by atoms with Gasteiger partial charge in [0.2, 0.25) is 5.91 Å². The summed E-state index contributed by atoms with van der Waals surface area (Å²) in [4.78, 5) is 17.6. The van der Waals surface area contributed by atoms with Gasteiger partial charge in [-0.05, 0) is 30.2 Å².